The van der Waals surface area contributed by atoms with Crippen molar-refractivity contribution in [3.05, 3.63) is 12.4 Å². The van der Waals surface area contributed by atoms with Crippen LogP contribution in [0.5, 0.6) is 0 Å². The van der Waals surface area contributed by atoms with Gasteiger partial charge in [0.1, 0.15) is 0 Å². The van der Waals surface area contributed by atoms with Gasteiger partial charge in [-0.15, -0.1) is 0 Å². The van der Waals surface area contributed by atoms with Gasteiger partial charge >= 0.3 is 0 Å². The number of nitrogens with zero attached hydrogens (tertiary/aromatic N) is 1. The van der Waals surface area contributed by atoms with Crippen LogP contribution in [0, 0.1) is 0 Å². The highest BCUT2D eigenvalue weighted by Crippen LogP contribution is 1.86. The molecule has 0 aromatic rings. The molecule has 0 aromatic heterocycles. The first-order chi connectivity index (χ1) is 3.43. The van der Waals surface area contributed by atoms with E-state index in [2.05, 4.69) is 5.32 Å². The minimum absolute atomic E-state index is 0.615. The molecule has 0 saturated heterocycles. The third kappa shape index (κ3) is 0.707. The summed E-state index contributed by atoms with van der Waals surface area (Å²) in [4.78, 5) is 11.4. The molecule has 0 unspecified atom stereocenters. The molecular weight excluding hydrogens is 92.1 g/mol. The second kappa shape index (κ2) is 1.64. The predicted octanol–water partition coefficient (Wildman–Crippen LogP) is -0.523. The molecule has 38 valence electrons. The molecule has 1 amide bonds. The van der Waals surface area contributed by atoms with E-state index < -0.39 is 0 Å². The first-order valence-electron chi connectivity index (χ1n) is 2.04. The largest absolute Gasteiger partial charge is 0.372 e. The van der Waals surface area contributed by atoms with Gasteiger partial charge in [-0.05, 0) is 0 Å². The maximum absolute atomic E-state index is 9.84. The van der Waals surface area contributed by atoms with Crippen LogP contribution in [-0.2, 0) is 4.79 Å². The lowest BCUT2D eigenvalue weighted by Gasteiger charge is -2.00. The molecule has 0 spiro atoms. The van der Waals surface area contributed by atoms with E-state index in [1.165, 1.54) is 4.90 Å². The minimum Gasteiger partial charge on any atom is -0.372 e. The molecule has 0 aromatic carbocycles. The van der Waals surface area contributed by atoms with Crippen LogP contribution in [0.2, 0.25) is 0 Å². The van der Waals surface area contributed by atoms with Gasteiger partial charge in [0.2, 0.25) is 6.41 Å². The van der Waals surface area contributed by atoms with E-state index in [0.29, 0.717) is 6.67 Å². The lowest BCUT2D eigenvalue weighted by atomic mass is 10.8. The number of hydrogen-bond acceptors (Lipinski definition) is 2. The van der Waals surface area contributed by atoms with Crippen LogP contribution in [0.15, 0.2) is 12.4 Å². The Labute approximate surface area is 41.6 Å². The van der Waals surface area contributed by atoms with Crippen molar-refractivity contribution in [3.63, 3.8) is 0 Å². The van der Waals surface area contributed by atoms with Gasteiger partial charge in [-0.3, -0.25) is 4.79 Å². The van der Waals surface area contributed by atoms with Crippen LogP contribution < -0.4 is 5.32 Å². The van der Waals surface area contributed by atoms with E-state index in [9.17, 15) is 4.79 Å². The van der Waals surface area contributed by atoms with E-state index >= 15 is 0 Å². The highest BCUT2D eigenvalue weighted by molar-refractivity contribution is 5.49. The second-order valence-corrected chi connectivity index (χ2v) is 1.30. The number of amides is 1. The SMILES string of the molecule is O=CN1C=CNC1. The number of carbonyl (C=O) groups is 1. The van der Waals surface area contributed by atoms with Gasteiger partial charge < -0.3 is 10.2 Å². The van der Waals surface area contributed by atoms with Crippen molar-refractivity contribution in [2.75, 3.05) is 6.67 Å². The molecule has 0 atom stereocenters. The number of carbonyl (C=O) groups excluding carboxylic acids is 1. The summed E-state index contributed by atoms with van der Waals surface area (Å²) >= 11 is 0. The summed E-state index contributed by atoms with van der Waals surface area (Å²) in [7, 11) is 0. The monoisotopic (exact) mass is 98.0 g/mol. The van der Waals surface area contributed by atoms with Crippen LogP contribution in [0.4, 0.5) is 0 Å². The van der Waals surface area contributed by atoms with E-state index in [1.54, 1.807) is 12.4 Å². The molecule has 1 aliphatic heterocycles. The van der Waals surface area contributed by atoms with Crippen molar-refractivity contribution in [1.29, 1.82) is 0 Å². The standard InChI is InChI=1S/C4H6N2O/c7-4-6-2-1-5-3-6/h1-2,4-5H,3H2. The summed E-state index contributed by atoms with van der Waals surface area (Å²) in [6.07, 6.45) is 4.19. The van der Waals surface area contributed by atoms with E-state index in [0.717, 1.165) is 6.41 Å². The van der Waals surface area contributed by atoms with Crippen molar-refractivity contribution >= 4 is 6.41 Å². The Kier molecular flexibility index (Phi) is 0.978. The van der Waals surface area contributed by atoms with Crippen molar-refractivity contribution in [3.8, 4) is 0 Å². The summed E-state index contributed by atoms with van der Waals surface area (Å²) in [5.41, 5.74) is 0. The van der Waals surface area contributed by atoms with Crippen molar-refractivity contribution in [2.45, 2.75) is 0 Å². The Bertz CT molecular complexity index is 99.9. The fraction of sp³-hybridized carbons (Fsp3) is 0.250. The molecule has 0 radical (unpaired) electrons. The molecule has 0 bridgehead atoms. The smallest absolute Gasteiger partial charge is 0.215 e. The molecule has 7 heavy (non-hydrogen) atoms. The second-order valence-electron chi connectivity index (χ2n) is 1.30. The van der Waals surface area contributed by atoms with E-state index in [-0.39, 0.29) is 0 Å². The Morgan fingerprint density at radius 3 is 3.00 bits per heavy atom. The normalized spacial score (nSPS) is 16.9. The third-order valence-corrected chi connectivity index (χ3v) is 0.793. The summed E-state index contributed by atoms with van der Waals surface area (Å²) in [6, 6.07) is 0. The summed E-state index contributed by atoms with van der Waals surface area (Å²) in [5.74, 6) is 0. The lowest BCUT2D eigenvalue weighted by Crippen LogP contribution is -2.17. The molecule has 0 saturated carbocycles. The quantitative estimate of drug-likeness (QED) is 0.447. The fourth-order valence-electron chi connectivity index (χ4n) is 0.432. The highest BCUT2D eigenvalue weighted by Gasteiger charge is 1.96. The Balaban J connectivity index is 2.42. The number of nitrogens with one attached hydrogen (secondary N) is 1. The van der Waals surface area contributed by atoms with Crippen LogP contribution in [0.1, 0.15) is 0 Å². The minimum atomic E-state index is 0.615. The molecule has 1 rings (SSSR count). The summed E-state index contributed by atoms with van der Waals surface area (Å²) in [5, 5.41) is 2.84. The van der Waals surface area contributed by atoms with Gasteiger partial charge in [-0.1, -0.05) is 0 Å². The number of hydrogen-bond donors (Lipinski definition) is 1. The van der Waals surface area contributed by atoms with Crippen molar-refractivity contribution < 1.29 is 4.79 Å². The molecule has 1 aliphatic rings. The first kappa shape index (κ1) is 4.18. The molecule has 3 heteroatoms. The van der Waals surface area contributed by atoms with Crippen molar-refractivity contribution in [1.82, 2.24) is 10.2 Å². The van der Waals surface area contributed by atoms with Gasteiger partial charge in [-0.25, -0.2) is 0 Å². The van der Waals surface area contributed by atoms with Crippen LogP contribution in [0.25, 0.3) is 0 Å². The predicted molar refractivity (Wildman–Crippen MR) is 25.0 cm³/mol. The highest BCUT2D eigenvalue weighted by atomic mass is 16.1. The van der Waals surface area contributed by atoms with Gasteiger partial charge in [0, 0.05) is 12.4 Å². The lowest BCUT2D eigenvalue weighted by molar-refractivity contribution is -0.115. The molecule has 1 N–H and O–H groups in total. The maximum atomic E-state index is 9.84. The van der Waals surface area contributed by atoms with Crippen LogP contribution in [-0.4, -0.2) is 18.0 Å². The zero-order valence-electron chi connectivity index (χ0n) is 3.79. The summed E-state index contributed by atoms with van der Waals surface area (Å²) in [6.45, 7) is 0.615. The van der Waals surface area contributed by atoms with Gasteiger partial charge in [0.25, 0.3) is 0 Å². The van der Waals surface area contributed by atoms with E-state index in [1.807, 2.05) is 0 Å². The number of rotatable bonds is 1. The average Bonchev–Trinajstić information content (AvgIpc) is 2.14. The fourth-order valence-corrected chi connectivity index (χ4v) is 0.432. The molecule has 0 aliphatic carbocycles. The first-order valence-corrected chi connectivity index (χ1v) is 2.04. The topological polar surface area (TPSA) is 32.3 Å². The average molecular weight is 98.1 g/mol. The van der Waals surface area contributed by atoms with E-state index in [4.69, 9.17) is 0 Å². The van der Waals surface area contributed by atoms with Crippen LogP contribution in [0.3, 0.4) is 0 Å². The van der Waals surface area contributed by atoms with Crippen LogP contribution >= 0.6 is 0 Å². The third-order valence-electron chi connectivity index (χ3n) is 0.793. The van der Waals surface area contributed by atoms with Gasteiger partial charge in [0.05, 0.1) is 6.67 Å². The molecule has 1 heterocycles. The zero-order chi connectivity index (χ0) is 5.11. The molecule has 0 fully saturated rings. The molecule has 3 nitrogen and oxygen atoms in total. The van der Waals surface area contributed by atoms with Crippen molar-refractivity contribution in [2.24, 2.45) is 0 Å². The Hall–Kier alpha value is -0.990. The maximum Gasteiger partial charge on any atom is 0.215 e. The van der Waals surface area contributed by atoms with Gasteiger partial charge in [-0.2, -0.15) is 0 Å². The zero-order valence-corrected chi connectivity index (χ0v) is 3.79. The Morgan fingerprint density at radius 2 is 2.71 bits per heavy atom. The van der Waals surface area contributed by atoms with Gasteiger partial charge in [0.15, 0.2) is 0 Å². The summed E-state index contributed by atoms with van der Waals surface area (Å²) < 4.78 is 0. The molecular formula is C4H6N2O. The Morgan fingerprint density at radius 1 is 1.86 bits per heavy atom.